The third-order valence-electron chi connectivity index (χ3n) is 5.78. The maximum atomic E-state index is 12.8. The van der Waals surface area contributed by atoms with E-state index in [1.165, 1.54) is 11.1 Å². The summed E-state index contributed by atoms with van der Waals surface area (Å²) in [5.74, 6) is 1.61. The lowest BCUT2D eigenvalue weighted by atomic mass is 10.0. The summed E-state index contributed by atoms with van der Waals surface area (Å²) < 4.78 is 11.2. The molecule has 1 aromatic heterocycles. The molecule has 0 radical (unpaired) electrons. The van der Waals surface area contributed by atoms with Crippen LogP contribution in [0.1, 0.15) is 64.9 Å². The predicted molar refractivity (Wildman–Crippen MR) is 144 cm³/mol. The number of rotatable bonds is 8. The number of benzene rings is 3. The van der Waals surface area contributed by atoms with Crippen LogP contribution in [0.4, 0.5) is 5.69 Å². The molecular weight excluding hydrogens is 434 g/mol. The minimum Gasteiger partial charge on any atom is -0.497 e. The van der Waals surface area contributed by atoms with E-state index in [9.17, 15) is 4.79 Å². The Balaban J connectivity index is 0.00000167. The number of aryl methyl sites for hydroxylation is 2. The van der Waals surface area contributed by atoms with Crippen molar-refractivity contribution in [3.05, 3.63) is 118 Å². The molecule has 0 saturated heterocycles. The van der Waals surface area contributed by atoms with Gasteiger partial charge in [0.2, 0.25) is 0 Å². The summed E-state index contributed by atoms with van der Waals surface area (Å²) in [6.07, 6.45) is 2.34. The lowest BCUT2D eigenvalue weighted by Gasteiger charge is -2.14. The quantitative estimate of drug-likeness (QED) is 0.289. The zero-order valence-corrected chi connectivity index (χ0v) is 21.4. The number of carbonyl (C=O) groups is 1. The first-order valence-corrected chi connectivity index (χ1v) is 12.2. The Morgan fingerprint density at radius 1 is 0.857 bits per heavy atom. The molecule has 4 nitrogen and oxygen atoms in total. The first kappa shape index (κ1) is 25.8. The van der Waals surface area contributed by atoms with Crippen LogP contribution in [-0.2, 0) is 19.3 Å². The van der Waals surface area contributed by atoms with Crippen molar-refractivity contribution in [3.63, 3.8) is 0 Å². The van der Waals surface area contributed by atoms with Crippen LogP contribution in [0.5, 0.6) is 5.75 Å². The number of nitrogens with one attached hydrogen (secondary N) is 1. The van der Waals surface area contributed by atoms with Gasteiger partial charge in [-0.25, -0.2) is 0 Å². The van der Waals surface area contributed by atoms with Crippen LogP contribution in [0.25, 0.3) is 0 Å². The van der Waals surface area contributed by atoms with Gasteiger partial charge in [0.1, 0.15) is 11.5 Å². The second-order valence-corrected chi connectivity index (χ2v) is 8.21. The Morgan fingerprint density at radius 3 is 2.11 bits per heavy atom. The summed E-state index contributed by atoms with van der Waals surface area (Å²) in [5, 5.41) is 3.02. The number of furan rings is 1. The van der Waals surface area contributed by atoms with Gasteiger partial charge in [0.05, 0.1) is 7.11 Å². The largest absolute Gasteiger partial charge is 0.497 e. The molecule has 0 spiro atoms. The molecule has 4 aromatic rings. The van der Waals surface area contributed by atoms with E-state index in [2.05, 4.69) is 60.8 Å². The van der Waals surface area contributed by atoms with Gasteiger partial charge in [-0.2, -0.15) is 0 Å². The van der Waals surface area contributed by atoms with Crippen LogP contribution in [0.2, 0.25) is 0 Å². The predicted octanol–water partition coefficient (Wildman–Crippen LogP) is 7.62. The number of carbonyl (C=O) groups excluding carboxylic acids is 1. The highest BCUT2D eigenvalue weighted by Crippen LogP contribution is 2.28. The maximum Gasteiger partial charge on any atom is 0.291 e. The van der Waals surface area contributed by atoms with Crippen molar-refractivity contribution in [2.24, 2.45) is 0 Å². The van der Waals surface area contributed by atoms with Gasteiger partial charge in [-0.1, -0.05) is 75.4 Å². The van der Waals surface area contributed by atoms with Crippen molar-refractivity contribution in [1.82, 2.24) is 0 Å². The van der Waals surface area contributed by atoms with Crippen LogP contribution >= 0.6 is 0 Å². The van der Waals surface area contributed by atoms with E-state index >= 15 is 0 Å². The fraction of sp³-hybridized carbons (Fsp3) is 0.258. The highest BCUT2D eigenvalue weighted by atomic mass is 16.5. The number of hydrogen-bond acceptors (Lipinski definition) is 3. The van der Waals surface area contributed by atoms with Gasteiger partial charge >= 0.3 is 0 Å². The molecule has 1 amide bonds. The minimum absolute atomic E-state index is 0.248. The molecule has 4 rings (SSSR count). The minimum atomic E-state index is -0.248. The summed E-state index contributed by atoms with van der Waals surface area (Å²) in [5.41, 5.74) is 6.52. The lowest BCUT2D eigenvalue weighted by Crippen LogP contribution is -2.13. The molecule has 0 aliphatic carbocycles. The van der Waals surface area contributed by atoms with Gasteiger partial charge < -0.3 is 14.5 Å². The topological polar surface area (TPSA) is 51.5 Å². The molecule has 3 aromatic carbocycles. The van der Waals surface area contributed by atoms with Crippen molar-refractivity contribution >= 4 is 11.6 Å². The molecule has 0 aliphatic heterocycles. The van der Waals surface area contributed by atoms with E-state index in [0.29, 0.717) is 12.2 Å². The molecule has 1 N–H and O–H groups in total. The van der Waals surface area contributed by atoms with Gasteiger partial charge in [0, 0.05) is 12.1 Å². The second-order valence-electron chi connectivity index (χ2n) is 8.21. The zero-order chi connectivity index (χ0) is 25.2. The number of ether oxygens (including phenoxy) is 1. The third kappa shape index (κ3) is 6.86. The second kappa shape index (κ2) is 12.6. The van der Waals surface area contributed by atoms with E-state index in [1.807, 2.05) is 45.0 Å². The molecule has 0 fully saturated rings. The molecule has 182 valence electrons. The van der Waals surface area contributed by atoms with Crippen LogP contribution < -0.4 is 10.1 Å². The van der Waals surface area contributed by atoms with E-state index in [4.69, 9.17) is 9.15 Å². The summed E-state index contributed by atoms with van der Waals surface area (Å²) in [7, 11) is 1.65. The van der Waals surface area contributed by atoms with Gasteiger partial charge in [0.25, 0.3) is 5.91 Å². The van der Waals surface area contributed by atoms with Crippen molar-refractivity contribution < 1.29 is 13.9 Å². The van der Waals surface area contributed by atoms with Gasteiger partial charge in [-0.15, -0.1) is 0 Å². The zero-order valence-electron chi connectivity index (χ0n) is 21.4. The third-order valence-corrected chi connectivity index (χ3v) is 5.78. The number of amides is 1. The van der Waals surface area contributed by atoms with Crippen LogP contribution in [0, 0.1) is 6.92 Å². The molecule has 0 saturated carbocycles. The lowest BCUT2D eigenvalue weighted by molar-refractivity contribution is 0.0995. The van der Waals surface area contributed by atoms with Crippen LogP contribution in [0.15, 0.2) is 83.3 Å². The fourth-order valence-corrected chi connectivity index (χ4v) is 3.98. The fourth-order valence-electron chi connectivity index (χ4n) is 3.98. The molecule has 35 heavy (non-hydrogen) atoms. The van der Waals surface area contributed by atoms with Crippen LogP contribution in [0.3, 0.4) is 0 Å². The van der Waals surface area contributed by atoms with E-state index in [-0.39, 0.29) is 5.91 Å². The van der Waals surface area contributed by atoms with E-state index in [1.54, 1.807) is 13.2 Å². The Labute approximate surface area is 209 Å². The first-order chi connectivity index (χ1) is 17.1. The highest BCUT2D eigenvalue weighted by Gasteiger charge is 2.16. The molecular formula is C31H35NO3. The molecule has 0 aliphatic rings. The summed E-state index contributed by atoms with van der Waals surface area (Å²) >= 11 is 0. The molecule has 0 bridgehead atoms. The molecule has 0 unspecified atom stereocenters. The van der Waals surface area contributed by atoms with Crippen molar-refractivity contribution in [3.8, 4) is 5.75 Å². The van der Waals surface area contributed by atoms with Crippen molar-refractivity contribution in [1.29, 1.82) is 0 Å². The Morgan fingerprint density at radius 2 is 1.49 bits per heavy atom. The SMILES string of the molecule is CC.CCc1cc(OC)cc(C)c1NC(=O)c1ccc(Cc2ccc(Cc3ccccc3)cc2)o1. The molecule has 1 heterocycles. The first-order valence-electron chi connectivity index (χ1n) is 12.2. The molecule has 0 atom stereocenters. The number of anilines is 1. The number of hydrogen-bond donors (Lipinski definition) is 1. The maximum absolute atomic E-state index is 12.8. The van der Waals surface area contributed by atoms with Crippen molar-refractivity contribution in [2.75, 3.05) is 12.4 Å². The van der Waals surface area contributed by atoms with E-state index < -0.39 is 0 Å². The average molecular weight is 470 g/mol. The summed E-state index contributed by atoms with van der Waals surface area (Å²) in [6.45, 7) is 8.02. The summed E-state index contributed by atoms with van der Waals surface area (Å²) in [4.78, 5) is 12.8. The average Bonchev–Trinajstić information content (AvgIpc) is 3.36. The van der Waals surface area contributed by atoms with E-state index in [0.717, 1.165) is 46.7 Å². The van der Waals surface area contributed by atoms with Crippen molar-refractivity contribution in [2.45, 2.75) is 47.0 Å². The monoisotopic (exact) mass is 469 g/mol. The summed E-state index contributed by atoms with van der Waals surface area (Å²) in [6, 6.07) is 26.5. The smallest absolute Gasteiger partial charge is 0.291 e. The Kier molecular flexibility index (Phi) is 9.31. The Bertz CT molecular complexity index is 1220. The normalized spacial score (nSPS) is 10.3. The number of methoxy groups -OCH3 is 1. The molecule has 4 heteroatoms. The van der Waals surface area contributed by atoms with Gasteiger partial charge in [0.15, 0.2) is 5.76 Å². The Hall–Kier alpha value is -3.79. The highest BCUT2D eigenvalue weighted by molar-refractivity contribution is 6.03. The van der Waals surface area contributed by atoms with Crippen LogP contribution in [-0.4, -0.2) is 13.0 Å². The van der Waals surface area contributed by atoms with Gasteiger partial charge in [-0.05, 0) is 71.8 Å². The standard InChI is InChI=1S/C29H29NO3.C2H6/c1-4-24-19-26(32-3)16-20(2)28(24)30-29(31)27-15-14-25(33-27)18-23-12-10-22(11-13-23)17-21-8-6-5-7-9-21;1-2/h5-16,19H,4,17-18H2,1-3H3,(H,30,31);1-2H3. The van der Waals surface area contributed by atoms with Gasteiger partial charge in [-0.3, -0.25) is 4.79 Å².